The number of para-hydroxylation sites is 1. The summed E-state index contributed by atoms with van der Waals surface area (Å²) in [5.74, 6) is -2.18. The molecule has 1 unspecified atom stereocenters. The molecular weight excluding hydrogens is 529 g/mol. The topological polar surface area (TPSA) is 132 Å². The van der Waals surface area contributed by atoms with Crippen molar-refractivity contribution in [2.24, 2.45) is 5.92 Å². The van der Waals surface area contributed by atoms with Gasteiger partial charge in [0.05, 0.1) is 10.5 Å². The minimum Gasteiger partial charge on any atom is -0.508 e. The number of aromatic nitrogens is 1. The molecule has 3 atom stereocenters. The summed E-state index contributed by atoms with van der Waals surface area (Å²) in [5, 5.41) is 27.4. The van der Waals surface area contributed by atoms with Gasteiger partial charge < -0.3 is 25.8 Å². The molecule has 0 saturated carbocycles. The number of hydrogen-bond donors (Lipinski definition) is 5. The van der Waals surface area contributed by atoms with Crippen molar-refractivity contribution in [3.63, 3.8) is 0 Å². The predicted molar refractivity (Wildman–Crippen MR) is 147 cm³/mol. The fourth-order valence-electron chi connectivity index (χ4n) is 5.05. The molecule has 2 aromatic carbocycles. The van der Waals surface area contributed by atoms with Crippen molar-refractivity contribution in [2.45, 2.75) is 64.0 Å². The molecule has 0 radical (unpaired) electrons. The minimum atomic E-state index is -1.56. The van der Waals surface area contributed by atoms with Gasteiger partial charge in [0, 0.05) is 28.9 Å². The van der Waals surface area contributed by atoms with Crippen molar-refractivity contribution in [1.29, 1.82) is 0 Å². The average Bonchev–Trinajstić information content (AvgIpc) is 3.24. The Hall–Kier alpha value is -3.23. The van der Waals surface area contributed by atoms with Gasteiger partial charge in [0.25, 0.3) is 0 Å². The van der Waals surface area contributed by atoms with Gasteiger partial charge in [-0.2, -0.15) is 0 Å². The molecule has 0 aliphatic heterocycles. The third-order valence-corrected chi connectivity index (χ3v) is 8.01. The van der Waals surface area contributed by atoms with Gasteiger partial charge >= 0.3 is 5.97 Å². The van der Waals surface area contributed by atoms with Gasteiger partial charge in [0.15, 0.2) is 0 Å². The molecular formula is C28H31Cl2N3O5. The van der Waals surface area contributed by atoms with Gasteiger partial charge in [0.1, 0.15) is 17.3 Å². The number of fused-ring (bicyclic) bond motifs is 3. The first kappa shape index (κ1) is 27.8. The molecule has 1 aromatic heterocycles. The predicted octanol–water partition coefficient (Wildman–Crippen LogP) is 4.77. The quantitative estimate of drug-likeness (QED) is 0.257. The zero-order valence-corrected chi connectivity index (χ0v) is 22.7. The van der Waals surface area contributed by atoms with Crippen molar-refractivity contribution in [1.82, 2.24) is 15.6 Å². The third-order valence-electron chi connectivity index (χ3n) is 7.50. The van der Waals surface area contributed by atoms with E-state index in [9.17, 15) is 24.6 Å². The number of carboxylic acid groups (broad SMARTS) is 1. The van der Waals surface area contributed by atoms with E-state index in [0.29, 0.717) is 40.4 Å². The van der Waals surface area contributed by atoms with Crippen LogP contribution < -0.4 is 10.6 Å². The smallest absolute Gasteiger partial charge is 0.329 e. The lowest BCUT2D eigenvalue weighted by molar-refractivity contribution is -0.149. The number of aliphatic carboxylic acids is 1. The summed E-state index contributed by atoms with van der Waals surface area (Å²) in [6, 6.07) is 9.22. The SMILES string of the molecule is CCC(C)[C@H](NC(=O)CCc1ccccc1O)C(=O)N[C@@]1(C(=O)O)CCc2[nH]c3c(Cl)cc(Cl)cc3c2C1. The summed E-state index contributed by atoms with van der Waals surface area (Å²) >= 11 is 12.6. The molecule has 5 N–H and O–H groups in total. The van der Waals surface area contributed by atoms with Crippen LogP contribution in [0.1, 0.15) is 49.9 Å². The van der Waals surface area contributed by atoms with Crippen molar-refractivity contribution in [2.75, 3.05) is 0 Å². The Kier molecular flexibility index (Phi) is 8.23. The second-order valence-electron chi connectivity index (χ2n) is 10.0. The first-order valence-corrected chi connectivity index (χ1v) is 13.4. The number of carbonyl (C=O) groups excluding carboxylic acids is 2. The molecule has 8 nitrogen and oxygen atoms in total. The molecule has 2 amide bonds. The Bertz CT molecular complexity index is 1390. The van der Waals surface area contributed by atoms with E-state index in [-0.39, 0.29) is 36.8 Å². The molecule has 0 fully saturated rings. The number of carboxylic acids is 1. The average molecular weight is 560 g/mol. The Balaban J connectivity index is 1.54. The van der Waals surface area contributed by atoms with E-state index in [1.165, 1.54) is 0 Å². The first-order valence-electron chi connectivity index (χ1n) is 12.6. The highest BCUT2D eigenvalue weighted by molar-refractivity contribution is 6.38. The van der Waals surface area contributed by atoms with Crippen LogP contribution in [0.4, 0.5) is 0 Å². The number of phenols is 1. The molecule has 0 spiro atoms. The van der Waals surface area contributed by atoms with E-state index in [0.717, 1.165) is 16.6 Å². The summed E-state index contributed by atoms with van der Waals surface area (Å²) in [6.07, 6.45) is 1.60. The maximum atomic E-state index is 13.5. The number of carbonyl (C=O) groups is 3. The van der Waals surface area contributed by atoms with Crippen LogP contribution >= 0.6 is 23.2 Å². The number of aryl methyl sites for hydroxylation is 2. The molecule has 1 aliphatic carbocycles. The van der Waals surface area contributed by atoms with Crippen molar-refractivity contribution < 1.29 is 24.6 Å². The normalized spacial score (nSPS) is 18.4. The maximum Gasteiger partial charge on any atom is 0.329 e. The lowest BCUT2D eigenvalue weighted by atomic mass is 9.79. The highest BCUT2D eigenvalue weighted by Gasteiger charge is 2.45. The fourth-order valence-corrected chi connectivity index (χ4v) is 5.59. The van der Waals surface area contributed by atoms with Crippen molar-refractivity contribution in [3.8, 4) is 5.75 Å². The van der Waals surface area contributed by atoms with Crippen LogP contribution in [0.15, 0.2) is 36.4 Å². The van der Waals surface area contributed by atoms with Crippen LogP contribution in [0.5, 0.6) is 5.75 Å². The zero-order chi connectivity index (χ0) is 27.6. The molecule has 10 heteroatoms. The van der Waals surface area contributed by atoms with E-state index in [1.54, 1.807) is 36.4 Å². The summed E-state index contributed by atoms with van der Waals surface area (Å²) < 4.78 is 0. The molecule has 1 aliphatic rings. The van der Waals surface area contributed by atoms with E-state index in [2.05, 4.69) is 15.6 Å². The summed E-state index contributed by atoms with van der Waals surface area (Å²) in [4.78, 5) is 42.2. The van der Waals surface area contributed by atoms with E-state index >= 15 is 0 Å². The van der Waals surface area contributed by atoms with Gasteiger partial charge in [-0.3, -0.25) is 9.59 Å². The number of H-pyrrole nitrogens is 1. The number of aromatic amines is 1. The van der Waals surface area contributed by atoms with Crippen LogP contribution in [0.2, 0.25) is 10.0 Å². The van der Waals surface area contributed by atoms with Crippen LogP contribution in [0, 0.1) is 5.92 Å². The van der Waals surface area contributed by atoms with Crippen molar-refractivity contribution in [3.05, 3.63) is 63.3 Å². The monoisotopic (exact) mass is 559 g/mol. The maximum absolute atomic E-state index is 13.5. The molecule has 0 bridgehead atoms. The number of phenolic OH excluding ortho intramolecular Hbond substituents is 1. The second-order valence-corrected chi connectivity index (χ2v) is 10.8. The van der Waals surface area contributed by atoms with Crippen LogP contribution in [0.3, 0.4) is 0 Å². The molecule has 38 heavy (non-hydrogen) atoms. The van der Waals surface area contributed by atoms with Gasteiger partial charge in [0.2, 0.25) is 11.8 Å². The van der Waals surface area contributed by atoms with Gasteiger partial charge in [-0.15, -0.1) is 0 Å². The highest BCUT2D eigenvalue weighted by atomic mass is 35.5. The zero-order valence-electron chi connectivity index (χ0n) is 21.2. The van der Waals surface area contributed by atoms with Crippen LogP contribution in [-0.4, -0.2) is 44.6 Å². The van der Waals surface area contributed by atoms with Gasteiger partial charge in [-0.1, -0.05) is 61.7 Å². The van der Waals surface area contributed by atoms with Gasteiger partial charge in [-0.05, 0) is 54.5 Å². The third kappa shape index (κ3) is 5.61. The Morgan fingerprint density at radius 3 is 2.61 bits per heavy atom. The fraction of sp³-hybridized carbons (Fsp3) is 0.393. The second kappa shape index (κ2) is 11.3. The summed E-state index contributed by atoms with van der Waals surface area (Å²) in [6.45, 7) is 3.74. The number of rotatable bonds is 9. The molecule has 1 heterocycles. The van der Waals surface area contributed by atoms with Crippen LogP contribution in [0.25, 0.3) is 10.9 Å². The summed E-state index contributed by atoms with van der Waals surface area (Å²) in [5.41, 5.74) is 1.38. The van der Waals surface area contributed by atoms with Gasteiger partial charge in [-0.25, -0.2) is 4.79 Å². The van der Waals surface area contributed by atoms with E-state index in [1.807, 2.05) is 13.8 Å². The molecule has 3 aromatic rings. The number of benzene rings is 2. The first-order chi connectivity index (χ1) is 18.0. The Labute approximate surface area is 230 Å². The lowest BCUT2D eigenvalue weighted by Gasteiger charge is -2.36. The lowest BCUT2D eigenvalue weighted by Crippen LogP contribution is -2.62. The number of aromatic hydroxyl groups is 1. The largest absolute Gasteiger partial charge is 0.508 e. The number of hydrogen-bond acceptors (Lipinski definition) is 4. The van der Waals surface area contributed by atoms with Crippen molar-refractivity contribution >= 4 is 51.9 Å². The Morgan fingerprint density at radius 1 is 1.18 bits per heavy atom. The molecule has 202 valence electrons. The number of nitrogens with one attached hydrogen (secondary N) is 3. The Morgan fingerprint density at radius 2 is 1.92 bits per heavy atom. The number of halogens is 2. The van der Waals surface area contributed by atoms with E-state index in [4.69, 9.17) is 23.2 Å². The number of amides is 2. The standard InChI is InChI=1S/C28H31Cl2N3O5/c1-3-15(2)24(32-23(35)9-8-16-6-4-5-7-22(16)34)26(36)33-28(27(37)38)11-10-21-19(14-28)18-12-17(29)13-20(30)25(18)31-21/h4-7,12-13,15,24,31,34H,3,8-11,14H2,1-2H3,(H,32,35)(H,33,36)(H,37,38)/t15?,24-,28-/m0/s1. The van der Waals surface area contributed by atoms with E-state index < -0.39 is 23.5 Å². The minimum absolute atomic E-state index is 0.0501. The highest BCUT2D eigenvalue weighted by Crippen LogP contribution is 2.38. The molecule has 4 rings (SSSR count). The molecule has 0 saturated heterocycles. The summed E-state index contributed by atoms with van der Waals surface area (Å²) in [7, 11) is 0. The van der Waals surface area contributed by atoms with Crippen LogP contribution in [-0.2, 0) is 33.6 Å².